The van der Waals surface area contributed by atoms with Crippen LogP contribution in [-0.4, -0.2) is 5.11 Å². The minimum atomic E-state index is -0.400. The Hall–Kier alpha value is -0.530. The molecule has 0 radical (unpaired) electrons. The van der Waals surface area contributed by atoms with Gasteiger partial charge in [0.15, 0.2) is 0 Å². The monoisotopic (exact) mass is 266 g/mol. The van der Waals surface area contributed by atoms with Crippen molar-refractivity contribution in [3.05, 3.63) is 34.3 Å². The molecule has 0 aromatic heterocycles. The highest BCUT2D eigenvalue weighted by Gasteiger charge is 2.31. The van der Waals surface area contributed by atoms with E-state index in [2.05, 4.69) is 6.92 Å². The van der Waals surface area contributed by atoms with E-state index in [1.165, 1.54) is 19.3 Å². The molecule has 1 saturated carbocycles. The summed E-state index contributed by atoms with van der Waals surface area (Å²) >= 11 is 6.27. The molecular formula is C16H23ClO. The molecular weight excluding hydrogens is 244 g/mol. The van der Waals surface area contributed by atoms with Gasteiger partial charge in [-0.2, -0.15) is 0 Å². The molecule has 1 aliphatic carbocycles. The third-order valence-electron chi connectivity index (χ3n) is 4.37. The third-order valence-corrected chi connectivity index (χ3v) is 4.70. The number of halogens is 1. The predicted molar refractivity (Wildman–Crippen MR) is 76.9 cm³/mol. The van der Waals surface area contributed by atoms with E-state index >= 15 is 0 Å². The summed E-state index contributed by atoms with van der Waals surface area (Å²) < 4.78 is 0. The molecule has 1 fully saturated rings. The second-order valence-electron chi connectivity index (χ2n) is 5.59. The standard InChI is InChI=1S/C16H23ClO/c1-3-12-6-4-5-7-13(12)16(18)14-9-8-11(2)10-15(14)17/h8-10,12-13,16,18H,3-7H2,1-2H3. The van der Waals surface area contributed by atoms with Crippen molar-refractivity contribution in [1.82, 2.24) is 0 Å². The molecule has 1 N–H and O–H groups in total. The Morgan fingerprint density at radius 3 is 2.72 bits per heavy atom. The molecule has 0 spiro atoms. The van der Waals surface area contributed by atoms with Gasteiger partial charge in [-0.3, -0.25) is 0 Å². The molecule has 100 valence electrons. The number of aliphatic hydroxyl groups excluding tert-OH is 1. The molecule has 1 aromatic rings. The van der Waals surface area contributed by atoms with E-state index in [0.717, 1.165) is 24.0 Å². The van der Waals surface area contributed by atoms with Crippen LogP contribution < -0.4 is 0 Å². The number of aliphatic hydroxyl groups is 1. The first-order valence-corrected chi connectivity index (χ1v) is 7.45. The van der Waals surface area contributed by atoms with Crippen LogP contribution in [0.25, 0.3) is 0 Å². The number of aryl methyl sites for hydroxylation is 1. The molecule has 3 atom stereocenters. The Labute approximate surface area is 115 Å². The van der Waals surface area contributed by atoms with E-state index < -0.39 is 6.10 Å². The lowest BCUT2D eigenvalue weighted by atomic mass is 9.73. The lowest BCUT2D eigenvalue weighted by Crippen LogP contribution is -2.25. The van der Waals surface area contributed by atoms with E-state index in [4.69, 9.17) is 11.6 Å². The topological polar surface area (TPSA) is 20.2 Å². The Kier molecular flexibility index (Phi) is 4.69. The lowest BCUT2D eigenvalue weighted by molar-refractivity contribution is 0.0452. The maximum atomic E-state index is 10.6. The van der Waals surface area contributed by atoms with Gasteiger partial charge in [0, 0.05) is 5.02 Å². The average molecular weight is 267 g/mol. The fourth-order valence-electron chi connectivity index (χ4n) is 3.26. The number of benzene rings is 1. The van der Waals surface area contributed by atoms with Gasteiger partial charge >= 0.3 is 0 Å². The van der Waals surface area contributed by atoms with Crippen LogP contribution in [-0.2, 0) is 0 Å². The smallest absolute Gasteiger partial charge is 0.0835 e. The van der Waals surface area contributed by atoms with Gasteiger partial charge in [-0.1, -0.05) is 56.3 Å². The molecule has 0 heterocycles. The summed E-state index contributed by atoms with van der Waals surface area (Å²) in [6, 6.07) is 5.97. The number of rotatable bonds is 3. The molecule has 0 bridgehead atoms. The van der Waals surface area contributed by atoms with Gasteiger partial charge in [0.25, 0.3) is 0 Å². The van der Waals surface area contributed by atoms with Crippen molar-refractivity contribution in [3.63, 3.8) is 0 Å². The van der Waals surface area contributed by atoms with Gasteiger partial charge in [0.1, 0.15) is 0 Å². The van der Waals surface area contributed by atoms with Gasteiger partial charge in [-0.25, -0.2) is 0 Å². The minimum absolute atomic E-state index is 0.379. The van der Waals surface area contributed by atoms with Crippen LogP contribution in [0.3, 0.4) is 0 Å². The Morgan fingerprint density at radius 1 is 1.33 bits per heavy atom. The number of hydrogen-bond acceptors (Lipinski definition) is 1. The van der Waals surface area contributed by atoms with Gasteiger partial charge in [-0.05, 0) is 42.4 Å². The van der Waals surface area contributed by atoms with Gasteiger partial charge < -0.3 is 5.11 Å². The van der Waals surface area contributed by atoms with Crippen molar-refractivity contribution in [2.24, 2.45) is 11.8 Å². The molecule has 2 heteroatoms. The van der Waals surface area contributed by atoms with E-state index in [1.54, 1.807) is 0 Å². The van der Waals surface area contributed by atoms with Crippen LogP contribution in [0.2, 0.25) is 5.02 Å². The normalized spacial score (nSPS) is 26.0. The molecule has 18 heavy (non-hydrogen) atoms. The average Bonchev–Trinajstić information content (AvgIpc) is 2.38. The maximum absolute atomic E-state index is 10.6. The van der Waals surface area contributed by atoms with Crippen LogP contribution in [0.4, 0.5) is 0 Å². The third kappa shape index (κ3) is 2.89. The SMILES string of the molecule is CCC1CCCCC1C(O)c1ccc(C)cc1Cl. The van der Waals surface area contributed by atoms with E-state index in [1.807, 2.05) is 25.1 Å². The summed E-state index contributed by atoms with van der Waals surface area (Å²) in [4.78, 5) is 0. The van der Waals surface area contributed by atoms with E-state index in [-0.39, 0.29) is 0 Å². The molecule has 1 aliphatic rings. The number of hydrogen-bond donors (Lipinski definition) is 1. The fourth-order valence-corrected chi connectivity index (χ4v) is 3.61. The zero-order valence-corrected chi connectivity index (χ0v) is 12.1. The molecule has 1 aromatic carbocycles. The quantitative estimate of drug-likeness (QED) is 0.825. The highest BCUT2D eigenvalue weighted by Crippen LogP contribution is 2.41. The fraction of sp³-hybridized carbons (Fsp3) is 0.625. The second-order valence-corrected chi connectivity index (χ2v) is 5.99. The first-order valence-electron chi connectivity index (χ1n) is 7.07. The zero-order chi connectivity index (χ0) is 13.1. The molecule has 0 amide bonds. The summed E-state index contributed by atoms with van der Waals surface area (Å²) in [5.41, 5.74) is 2.05. The first-order chi connectivity index (χ1) is 8.63. The predicted octanol–water partition coefficient (Wildman–Crippen LogP) is 4.90. The summed E-state index contributed by atoms with van der Waals surface area (Å²) in [6.07, 6.45) is 5.69. The van der Waals surface area contributed by atoms with Gasteiger partial charge in [-0.15, -0.1) is 0 Å². The van der Waals surface area contributed by atoms with Crippen molar-refractivity contribution in [2.45, 2.75) is 52.1 Å². The second kappa shape index (κ2) is 6.08. The van der Waals surface area contributed by atoms with Crippen molar-refractivity contribution < 1.29 is 5.11 Å². The molecule has 3 unspecified atom stereocenters. The Bertz CT molecular complexity index is 402. The maximum Gasteiger partial charge on any atom is 0.0835 e. The molecule has 2 rings (SSSR count). The van der Waals surface area contributed by atoms with E-state index in [0.29, 0.717) is 16.9 Å². The zero-order valence-electron chi connectivity index (χ0n) is 11.3. The minimum Gasteiger partial charge on any atom is -0.388 e. The van der Waals surface area contributed by atoms with Crippen LogP contribution >= 0.6 is 11.6 Å². The first kappa shape index (κ1) is 13.9. The van der Waals surface area contributed by atoms with Crippen LogP contribution in [0.15, 0.2) is 18.2 Å². The van der Waals surface area contributed by atoms with Crippen molar-refractivity contribution in [1.29, 1.82) is 0 Å². The highest BCUT2D eigenvalue weighted by molar-refractivity contribution is 6.31. The van der Waals surface area contributed by atoms with Crippen LogP contribution in [0.5, 0.6) is 0 Å². The largest absolute Gasteiger partial charge is 0.388 e. The summed E-state index contributed by atoms with van der Waals surface area (Å²) in [5, 5.41) is 11.3. The van der Waals surface area contributed by atoms with Crippen molar-refractivity contribution in [3.8, 4) is 0 Å². The lowest BCUT2D eigenvalue weighted by Gasteiger charge is -2.34. The van der Waals surface area contributed by atoms with Crippen molar-refractivity contribution in [2.75, 3.05) is 0 Å². The van der Waals surface area contributed by atoms with Crippen LogP contribution in [0, 0.1) is 18.8 Å². The van der Waals surface area contributed by atoms with Gasteiger partial charge in [0.05, 0.1) is 6.10 Å². The summed E-state index contributed by atoms with van der Waals surface area (Å²) in [7, 11) is 0. The van der Waals surface area contributed by atoms with E-state index in [9.17, 15) is 5.11 Å². The highest BCUT2D eigenvalue weighted by atomic mass is 35.5. The summed E-state index contributed by atoms with van der Waals surface area (Å²) in [6.45, 7) is 4.25. The van der Waals surface area contributed by atoms with Gasteiger partial charge in [0.2, 0.25) is 0 Å². The van der Waals surface area contributed by atoms with Crippen LogP contribution in [0.1, 0.15) is 56.3 Å². The molecule has 0 saturated heterocycles. The Morgan fingerprint density at radius 2 is 2.06 bits per heavy atom. The molecule has 0 aliphatic heterocycles. The Balaban J connectivity index is 2.20. The summed E-state index contributed by atoms with van der Waals surface area (Å²) in [5.74, 6) is 1.02. The van der Waals surface area contributed by atoms with Crippen molar-refractivity contribution >= 4 is 11.6 Å². The molecule has 1 nitrogen and oxygen atoms in total.